The largest absolute Gasteiger partial charge is 0.338 e. The van der Waals surface area contributed by atoms with E-state index in [9.17, 15) is 4.79 Å². The highest BCUT2D eigenvalue weighted by Crippen LogP contribution is 2.23. The Labute approximate surface area is 186 Å². The molecule has 0 radical (unpaired) electrons. The first-order valence-corrected chi connectivity index (χ1v) is 10.3. The summed E-state index contributed by atoms with van der Waals surface area (Å²) in [5, 5.41) is 3.33. The van der Waals surface area contributed by atoms with Gasteiger partial charge >= 0.3 is 0 Å². The normalized spacial score (nSPS) is 10.7. The number of thiocarbonyl (C=S) groups is 1. The molecule has 1 amide bonds. The van der Waals surface area contributed by atoms with Crippen LogP contribution in [-0.4, -0.2) is 21.0 Å². The van der Waals surface area contributed by atoms with E-state index in [1.165, 1.54) is 11.1 Å². The van der Waals surface area contributed by atoms with Gasteiger partial charge in [0.2, 0.25) is 0 Å². The predicted molar refractivity (Wildman–Crippen MR) is 129 cm³/mol. The number of benzene rings is 3. The van der Waals surface area contributed by atoms with Crippen LogP contribution in [0.2, 0.25) is 0 Å². The van der Waals surface area contributed by atoms with Crippen molar-refractivity contribution in [3.8, 4) is 11.4 Å². The molecule has 1 aromatic heterocycles. The summed E-state index contributed by atoms with van der Waals surface area (Å²) in [6.45, 7) is 6.17. The van der Waals surface area contributed by atoms with Gasteiger partial charge in [0.1, 0.15) is 5.82 Å². The van der Waals surface area contributed by atoms with Crippen molar-refractivity contribution in [1.29, 1.82) is 0 Å². The van der Waals surface area contributed by atoms with Gasteiger partial charge in [-0.05, 0) is 80.5 Å². The highest BCUT2D eigenvalue weighted by Gasteiger charge is 2.10. The summed E-state index contributed by atoms with van der Waals surface area (Å²) < 4.78 is 0. The molecule has 6 nitrogen and oxygen atoms in total. The van der Waals surface area contributed by atoms with Gasteiger partial charge in [0.15, 0.2) is 5.11 Å². The van der Waals surface area contributed by atoms with Gasteiger partial charge in [-0.15, -0.1) is 0 Å². The number of aryl methyl sites for hydroxylation is 3. The van der Waals surface area contributed by atoms with Crippen LogP contribution >= 0.6 is 12.2 Å². The Morgan fingerprint density at radius 2 is 1.58 bits per heavy atom. The molecule has 31 heavy (non-hydrogen) atoms. The van der Waals surface area contributed by atoms with Crippen molar-refractivity contribution in [3.05, 3.63) is 82.9 Å². The molecule has 0 saturated carbocycles. The molecule has 0 aliphatic heterocycles. The second-order valence-electron chi connectivity index (χ2n) is 7.52. The number of carbonyl (C=O) groups excluding carboxylic acids is 1. The van der Waals surface area contributed by atoms with Crippen molar-refractivity contribution in [3.63, 3.8) is 0 Å². The Kier molecular flexibility index (Phi) is 5.68. The van der Waals surface area contributed by atoms with E-state index in [1.807, 2.05) is 43.3 Å². The van der Waals surface area contributed by atoms with Crippen LogP contribution in [-0.2, 0) is 0 Å². The van der Waals surface area contributed by atoms with Crippen molar-refractivity contribution in [1.82, 2.24) is 20.8 Å². The number of aromatic nitrogens is 2. The number of hydrogen-bond acceptors (Lipinski definition) is 3. The number of amides is 1. The van der Waals surface area contributed by atoms with Crippen LogP contribution in [0.25, 0.3) is 22.4 Å². The number of nitrogens with one attached hydrogen (secondary N) is 4. The zero-order chi connectivity index (χ0) is 22.0. The highest BCUT2D eigenvalue weighted by atomic mass is 32.1. The van der Waals surface area contributed by atoms with E-state index in [0.29, 0.717) is 10.7 Å². The molecular weight excluding hydrogens is 406 g/mol. The highest BCUT2D eigenvalue weighted by molar-refractivity contribution is 7.80. The molecule has 0 bridgehead atoms. The quantitative estimate of drug-likeness (QED) is 0.278. The maximum atomic E-state index is 12.4. The molecule has 0 spiro atoms. The summed E-state index contributed by atoms with van der Waals surface area (Å²) in [4.78, 5) is 20.4. The second-order valence-corrected chi connectivity index (χ2v) is 7.92. The number of anilines is 1. The van der Waals surface area contributed by atoms with E-state index >= 15 is 0 Å². The first kappa shape index (κ1) is 20.6. The van der Waals surface area contributed by atoms with Crippen molar-refractivity contribution in [2.24, 2.45) is 0 Å². The summed E-state index contributed by atoms with van der Waals surface area (Å²) in [5.41, 5.74) is 13.1. The Balaban J connectivity index is 1.39. The van der Waals surface area contributed by atoms with E-state index in [2.05, 4.69) is 52.1 Å². The van der Waals surface area contributed by atoms with E-state index in [4.69, 9.17) is 12.2 Å². The van der Waals surface area contributed by atoms with Crippen LogP contribution in [0.15, 0.2) is 60.7 Å². The number of fused-ring (bicyclic) bond motifs is 1. The molecule has 7 heteroatoms. The van der Waals surface area contributed by atoms with Crippen LogP contribution in [0.3, 0.4) is 0 Å². The van der Waals surface area contributed by atoms with Gasteiger partial charge in [0, 0.05) is 16.8 Å². The number of hydrazine groups is 1. The number of carbonyl (C=O) groups is 1. The van der Waals surface area contributed by atoms with Gasteiger partial charge in [-0.3, -0.25) is 15.6 Å². The SMILES string of the molecule is Cc1ccc(NC(=S)NNC(=O)c2ccc(-c3nc4cc(C)c(C)cc4[nH]3)cc2)cc1. The Morgan fingerprint density at radius 1 is 0.903 bits per heavy atom. The van der Waals surface area contributed by atoms with Gasteiger partial charge in [-0.25, -0.2) is 4.98 Å². The summed E-state index contributed by atoms with van der Waals surface area (Å²) in [5.74, 6) is 0.490. The predicted octanol–water partition coefficient (Wildman–Crippen LogP) is 4.79. The van der Waals surface area contributed by atoms with Crippen LogP contribution in [0.1, 0.15) is 27.0 Å². The third kappa shape index (κ3) is 4.73. The molecule has 156 valence electrons. The molecule has 0 aliphatic carbocycles. The van der Waals surface area contributed by atoms with Gasteiger partial charge < -0.3 is 10.3 Å². The van der Waals surface area contributed by atoms with Crippen LogP contribution in [0, 0.1) is 20.8 Å². The van der Waals surface area contributed by atoms with Gasteiger partial charge in [0.05, 0.1) is 11.0 Å². The third-order valence-corrected chi connectivity index (χ3v) is 5.32. The van der Waals surface area contributed by atoms with Gasteiger partial charge in [-0.1, -0.05) is 29.8 Å². The maximum absolute atomic E-state index is 12.4. The lowest BCUT2D eigenvalue weighted by Crippen LogP contribution is -2.43. The minimum atomic E-state index is -0.282. The summed E-state index contributed by atoms with van der Waals surface area (Å²) in [7, 11) is 0. The number of nitrogens with zero attached hydrogens (tertiary/aromatic N) is 1. The lowest BCUT2D eigenvalue weighted by molar-refractivity contribution is 0.0944. The van der Waals surface area contributed by atoms with E-state index in [-0.39, 0.29) is 5.91 Å². The Hall–Kier alpha value is -3.71. The van der Waals surface area contributed by atoms with Gasteiger partial charge in [-0.2, -0.15) is 0 Å². The van der Waals surface area contributed by atoms with Crippen LogP contribution in [0.5, 0.6) is 0 Å². The zero-order valence-electron chi connectivity index (χ0n) is 17.5. The number of hydrogen-bond donors (Lipinski definition) is 4. The summed E-state index contributed by atoms with van der Waals surface area (Å²) in [6.07, 6.45) is 0. The molecule has 4 N–H and O–H groups in total. The summed E-state index contributed by atoms with van der Waals surface area (Å²) in [6, 6.07) is 19.2. The molecule has 1 heterocycles. The molecule has 0 unspecified atom stereocenters. The first-order chi connectivity index (χ1) is 14.9. The Bertz CT molecular complexity index is 1220. The minimum absolute atomic E-state index is 0.282. The fraction of sp³-hybridized carbons (Fsp3) is 0.125. The van der Waals surface area contributed by atoms with Crippen molar-refractivity contribution >= 4 is 40.0 Å². The number of H-pyrrole nitrogens is 1. The number of rotatable bonds is 3. The smallest absolute Gasteiger partial charge is 0.269 e. The fourth-order valence-corrected chi connectivity index (χ4v) is 3.34. The lowest BCUT2D eigenvalue weighted by Gasteiger charge is -2.12. The van der Waals surface area contributed by atoms with E-state index in [1.54, 1.807) is 12.1 Å². The zero-order valence-corrected chi connectivity index (χ0v) is 18.4. The van der Waals surface area contributed by atoms with E-state index in [0.717, 1.165) is 33.7 Å². The topological polar surface area (TPSA) is 81.8 Å². The monoisotopic (exact) mass is 429 g/mol. The van der Waals surface area contributed by atoms with Gasteiger partial charge in [0.25, 0.3) is 5.91 Å². The van der Waals surface area contributed by atoms with Crippen LogP contribution < -0.4 is 16.2 Å². The van der Waals surface area contributed by atoms with Crippen LogP contribution in [0.4, 0.5) is 5.69 Å². The molecule has 0 saturated heterocycles. The average Bonchev–Trinajstić information content (AvgIpc) is 3.16. The van der Waals surface area contributed by atoms with Crippen molar-refractivity contribution < 1.29 is 4.79 Å². The fourth-order valence-electron chi connectivity index (χ4n) is 3.17. The van der Waals surface area contributed by atoms with Crippen molar-refractivity contribution in [2.45, 2.75) is 20.8 Å². The molecule has 3 aromatic carbocycles. The number of imidazole rings is 1. The number of aromatic amines is 1. The van der Waals surface area contributed by atoms with Crippen molar-refractivity contribution in [2.75, 3.05) is 5.32 Å². The average molecular weight is 430 g/mol. The first-order valence-electron chi connectivity index (χ1n) is 9.90. The molecule has 0 aliphatic rings. The molecular formula is C24H23N5OS. The molecule has 0 atom stereocenters. The molecule has 4 aromatic rings. The third-order valence-electron chi connectivity index (χ3n) is 5.12. The lowest BCUT2D eigenvalue weighted by atomic mass is 10.1. The standard InChI is InChI=1S/C24H23N5OS/c1-14-4-10-19(11-5-14)25-24(31)29-28-23(30)18-8-6-17(7-9-18)22-26-20-12-15(2)16(3)13-21(20)27-22/h4-13H,1-3H3,(H,26,27)(H,28,30)(H2,25,29,31). The molecule has 0 fully saturated rings. The molecule has 4 rings (SSSR count). The maximum Gasteiger partial charge on any atom is 0.269 e. The van der Waals surface area contributed by atoms with E-state index < -0.39 is 0 Å². The second kappa shape index (κ2) is 8.57. The minimum Gasteiger partial charge on any atom is -0.338 e. The summed E-state index contributed by atoms with van der Waals surface area (Å²) >= 11 is 5.22. The Morgan fingerprint density at radius 3 is 2.29 bits per heavy atom.